The molecule has 2 saturated heterocycles. The highest BCUT2D eigenvalue weighted by molar-refractivity contribution is 6.11. The molecule has 3 aliphatic rings. The molecule has 3 aromatic rings. The normalized spacial score (nSPS) is 21.9. The molecule has 0 bridgehead atoms. The van der Waals surface area contributed by atoms with Crippen LogP contribution in [0.15, 0.2) is 114 Å². The first kappa shape index (κ1) is 21.8. The van der Waals surface area contributed by atoms with E-state index in [0.717, 1.165) is 16.9 Å². The maximum Gasteiger partial charge on any atom is 0.211 e. The summed E-state index contributed by atoms with van der Waals surface area (Å²) in [6.45, 7) is 1.03. The van der Waals surface area contributed by atoms with E-state index in [1.54, 1.807) is 0 Å². The Labute approximate surface area is 204 Å². The Balaban J connectivity index is 1.51. The first-order chi connectivity index (χ1) is 17.3. The molecule has 0 aromatic heterocycles. The highest BCUT2D eigenvalue weighted by Gasteiger charge is 2.53. The molecule has 3 aromatic carbocycles. The van der Waals surface area contributed by atoms with Gasteiger partial charge in [-0.15, -0.1) is 0 Å². The van der Waals surface area contributed by atoms with E-state index in [0.29, 0.717) is 36.5 Å². The number of hydrogen-bond donors (Lipinski definition) is 0. The van der Waals surface area contributed by atoms with Crippen molar-refractivity contribution in [1.82, 2.24) is 0 Å². The summed E-state index contributed by atoms with van der Waals surface area (Å²) in [5.74, 6) is 0.494. The number of ketones is 1. The number of ether oxygens (including phenoxy) is 4. The van der Waals surface area contributed by atoms with Crippen LogP contribution in [0.5, 0.6) is 0 Å². The van der Waals surface area contributed by atoms with Crippen molar-refractivity contribution in [2.75, 3.05) is 24.9 Å². The van der Waals surface area contributed by atoms with Crippen LogP contribution >= 0.6 is 0 Å². The molecule has 6 heteroatoms. The second-order valence-electron chi connectivity index (χ2n) is 8.59. The summed E-state index contributed by atoms with van der Waals surface area (Å²) >= 11 is 0. The van der Waals surface area contributed by atoms with Gasteiger partial charge >= 0.3 is 0 Å². The van der Waals surface area contributed by atoms with Gasteiger partial charge in [-0.25, -0.2) is 0 Å². The van der Waals surface area contributed by atoms with Crippen LogP contribution in [-0.4, -0.2) is 37.8 Å². The lowest BCUT2D eigenvalue weighted by Gasteiger charge is -2.43. The Morgan fingerprint density at radius 1 is 0.800 bits per heavy atom. The van der Waals surface area contributed by atoms with Gasteiger partial charge in [-0.1, -0.05) is 66.7 Å². The molecule has 0 spiro atoms. The van der Waals surface area contributed by atoms with Crippen LogP contribution in [0.4, 0.5) is 11.4 Å². The van der Waals surface area contributed by atoms with E-state index < -0.39 is 12.0 Å². The summed E-state index contributed by atoms with van der Waals surface area (Å²) in [5, 5.41) is 0. The van der Waals surface area contributed by atoms with E-state index in [-0.39, 0.29) is 12.6 Å². The monoisotopic (exact) mass is 467 g/mol. The van der Waals surface area contributed by atoms with Crippen LogP contribution in [0.25, 0.3) is 0 Å². The van der Waals surface area contributed by atoms with Gasteiger partial charge < -0.3 is 23.8 Å². The van der Waals surface area contributed by atoms with Crippen molar-refractivity contribution in [2.24, 2.45) is 0 Å². The average Bonchev–Trinajstić information content (AvgIpc) is 3.60. The van der Waals surface area contributed by atoms with Crippen LogP contribution in [0.1, 0.15) is 16.8 Å². The lowest BCUT2D eigenvalue weighted by atomic mass is 9.84. The van der Waals surface area contributed by atoms with Gasteiger partial charge in [0.15, 0.2) is 24.6 Å². The van der Waals surface area contributed by atoms with E-state index in [2.05, 4.69) is 4.90 Å². The van der Waals surface area contributed by atoms with Crippen molar-refractivity contribution in [2.45, 2.75) is 18.4 Å². The van der Waals surface area contributed by atoms with Crippen molar-refractivity contribution in [1.29, 1.82) is 0 Å². The highest BCUT2D eigenvalue weighted by atomic mass is 16.7. The van der Waals surface area contributed by atoms with Crippen LogP contribution in [0.3, 0.4) is 0 Å². The molecule has 176 valence electrons. The van der Waals surface area contributed by atoms with Gasteiger partial charge in [0.1, 0.15) is 0 Å². The van der Waals surface area contributed by atoms with Gasteiger partial charge in [0, 0.05) is 34.5 Å². The predicted molar refractivity (Wildman–Crippen MR) is 131 cm³/mol. The van der Waals surface area contributed by atoms with Crippen LogP contribution in [0, 0.1) is 0 Å². The number of carbonyl (C=O) groups is 1. The first-order valence-electron chi connectivity index (χ1n) is 11.7. The third-order valence-corrected chi connectivity index (χ3v) is 6.53. The quantitative estimate of drug-likeness (QED) is 0.455. The SMILES string of the molecule is O=C(C1=C(C2OCCO2)CC2(N(c3ccccc3)c3ccccc3)OCOC2=C1)c1ccccc1. The molecule has 1 aliphatic carbocycles. The fraction of sp³-hybridized carbons (Fsp3) is 0.207. The number of benzene rings is 3. The number of para-hydroxylation sites is 2. The predicted octanol–water partition coefficient (Wildman–Crippen LogP) is 5.37. The Hall–Kier alpha value is -3.71. The maximum absolute atomic E-state index is 13.6. The molecule has 1 atom stereocenters. The number of anilines is 2. The average molecular weight is 468 g/mol. The number of rotatable bonds is 6. The summed E-state index contributed by atoms with van der Waals surface area (Å²) in [7, 11) is 0. The summed E-state index contributed by atoms with van der Waals surface area (Å²) in [4.78, 5) is 15.8. The van der Waals surface area contributed by atoms with Crippen molar-refractivity contribution in [3.63, 3.8) is 0 Å². The Kier molecular flexibility index (Phi) is 5.70. The van der Waals surface area contributed by atoms with Gasteiger partial charge in [0.05, 0.1) is 13.2 Å². The molecule has 0 saturated carbocycles. The lowest BCUT2D eigenvalue weighted by molar-refractivity contribution is -0.0357. The zero-order valence-electron chi connectivity index (χ0n) is 19.1. The molecule has 2 aliphatic heterocycles. The molecule has 6 nitrogen and oxygen atoms in total. The smallest absolute Gasteiger partial charge is 0.211 e. The van der Waals surface area contributed by atoms with E-state index in [4.69, 9.17) is 18.9 Å². The zero-order valence-corrected chi connectivity index (χ0v) is 19.1. The van der Waals surface area contributed by atoms with E-state index in [1.165, 1.54) is 0 Å². The molecule has 0 amide bonds. The minimum absolute atomic E-state index is 0.0778. The molecule has 35 heavy (non-hydrogen) atoms. The molecule has 1 unspecified atom stereocenters. The standard InChI is InChI=1S/C29H25NO5/c31-27(21-10-4-1-5-11-21)24-18-26-29(35-20-34-26,19-25(24)28-32-16-17-33-28)30(22-12-6-2-7-13-22)23-14-8-3-9-15-23/h1-15,18,28H,16-17,19-20H2. The zero-order chi connectivity index (χ0) is 23.7. The molecule has 2 heterocycles. The fourth-order valence-electron chi connectivity index (χ4n) is 4.94. The van der Waals surface area contributed by atoms with Crippen LogP contribution in [0.2, 0.25) is 0 Å². The Morgan fingerprint density at radius 3 is 1.97 bits per heavy atom. The number of hydrogen-bond acceptors (Lipinski definition) is 6. The third kappa shape index (κ3) is 3.86. The van der Waals surface area contributed by atoms with Gasteiger partial charge in [-0.3, -0.25) is 4.79 Å². The van der Waals surface area contributed by atoms with Crippen LogP contribution < -0.4 is 4.90 Å². The third-order valence-electron chi connectivity index (χ3n) is 6.53. The molecule has 0 N–H and O–H groups in total. The largest absolute Gasteiger partial charge is 0.467 e. The van der Waals surface area contributed by atoms with E-state index >= 15 is 0 Å². The molecular formula is C29H25NO5. The van der Waals surface area contributed by atoms with E-state index in [9.17, 15) is 4.79 Å². The Bertz CT molecular complexity index is 1230. The van der Waals surface area contributed by atoms with Crippen LogP contribution in [-0.2, 0) is 18.9 Å². The van der Waals surface area contributed by atoms with Gasteiger partial charge in [0.2, 0.25) is 5.72 Å². The number of fused-ring (bicyclic) bond motifs is 1. The molecule has 2 fully saturated rings. The fourth-order valence-corrected chi connectivity index (χ4v) is 4.94. The summed E-state index contributed by atoms with van der Waals surface area (Å²) < 4.78 is 24.3. The van der Waals surface area contributed by atoms with Crippen molar-refractivity contribution in [3.8, 4) is 0 Å². The molecule has 6 rings (SSSR count). The minimum atomic E-state index is -0.992. The second kappa shape index (κ2) is 9.15. The van der Waals surface area contributed by atoms with Crippen molar-refractivity contribution < 1.29 is 23.7 Å². The summed E-state index contributed by atoms with van der Waals surface area (Å²) in [6.07, 6.45) is 1.54. The number of Topliss-reactive ketones (excluding diaryl/α,β-unsaturated/α-hetero) is 1. The second-order valence-corrected chi connectivity index (χ2v) is 8.59. The van der Waals surface area contributed by atoms with Gasteiger partial charge in [0.25, 0.3) is 0 Å². The summed E-state index contributed by atoms with van der Waals surface area (Å²) in [6, 6.07) is 29.3. The first-order valence-corrected chi connectivity index (χ1v) is 11.7. The number of nitrogens with zero attached hydrogens (tertiary/aromatic N) is 1. The van der Waals surface area contributed by atoms with Gasteiger partial charge in [-0.2, -0.15) is 0 Å². The highest BCUT2D eigenvalue weighted by Crippen LogP contribution is 2.49. The Morgan fingerprint density at radius 2 is 1.37 bits per heavy atom. The van der Waals surface area contributed by atoms with Crippen molar-refractivity contribution >= 4 is 17.2 Å². The summed E-state index contributed by atoms with van der Waals surface area (Å²) in [5.41, 5.74) is 2.78. The maximum atomic E-state index is 13.6. The molecular weight excluding hydrogens is 442 g/mol. The molecule has 0 radical (unpaired) electrons. The van der Waals surface area contributed by atoms with Gasteiger partial charge in [-0.05, 0) is 30.3 Å². The van der Waals surface area contributed by atoms with E-state index in [1.807, 2.05) is 97.1 Å². The minimum Gasteiger partial charge on any atom is -0.467 e. The lowest BCUT2D eigenvalue weighted by Crippen LogP contribution is -2.50. The topological polar surface area (TPSA) is 57.2 Å². The van der Waals surface area contributed by atoms with Crippen molar-refractivity contribution in [3.05, 3.63) is 120 Å². The number of allylic oxidation sites excluding steroid dienone is 2. The number of carbonyl (C=O) groups excluding carboxylic acids is 1.